The lowest BCUT2D eigenvalue weighted by Crippen LogP contribution is -2.06. The summed E-state index contributed by atoms with van der Waals surface area (Å²) in [7, 11) is 0. The van der Waals surface area contributed by atoms with Gasteiger partial charge in [-0.25, -0.2) is 14.8 Å². The van der Waals surface area contributed by atoms with Crippen LogP contribution >= 0.6 is 11.8 Å². The monoisotopic (exact) mass is 288 g/mol. The maximum Gasteiger partial charge on any atom is 0.359 e. The molecule has 0 amide bonds. The van der Waals surface area contributed by atoms with Crippen LogP contribution in [0.4, 0.5) is 0 Å². The highest BCUT2D eigenvalue weighted by Gasteiger charge is 2.20. The molecular formula is C13H12N4O2S. The molecule has 102 valence electrons. The average molecular weight is 288 g/mol. The highest BCUT2D eigenvalue weighted by Crippen LogP contribution is 2.26. The van der Waals surface area contributed by atoms with Gasteiger partial charge in [0.2, 0.25) is 0 Å². The number of aromatic nitrogens is 4. The van der Waals surface area contributed by atoms with Gasteiger partial charge in [0.25, 0.3) is 0 Å². The fraction of sp³-hybridized carbons (Fsp3) is 0.231. The minimum absolute atomic E-state index is 0.287. The lowest BCUT2D eigenvalue weighted by molar-refractivity contribution is 0.0522. The fourth-order valence-corrected chi connectivity index (χ4v) is 2.63. The van der Waals surface area contributed by atoms with Crippen molar-refractivity contribution < 1.29 is 9.53 Å². The number of thioether (sulfide) groups is 1. The Morgan fingerprint density at radius 1 is 1.50 bits per heavy atom. The van der Waals surface area contributed by atoms with Crippen molar-refractivity contribution >= 4 is 34.3 Å². The van der Waals surface area contributed by atoms with E-state index in [2.05, 4.69) is 15.0 Å². The Labute approximate surface area is 119 Å². The van der Waals surface area contributed by atoms with Gasteiger partial charge in [0.05, 0.1) is 23.8 Å². The standard InChI is InChI=1S/C13H12N4O2S/c1-3-19-13(18)10-11-12(20-2)16-8-4-5-14-6-9(8)17(11)7-15-10/h4-7H,3H2,1-2H3. The molecule has 0 aliphatic carbocycles. The van der Waals surface area contributed by atoms with Gasteiger partial charge in [-0.3, -0.25) is 9.38 Å². The number of fused-ring (bicyclic) bond motifs is 3. The summed E-state index contributed by atoms with van der Waals surface area (Å²) < 4.78 is 6.87. The first-order valence-corrected chi connectivity index (χ1v) is 7.30. The zero-order valence-electron chi connectivity index (χ0n) is 11.0. The van der Waals surface area contributed by atoms with Crippen molar-refractivity contribution in [2.24, 2.45) is 0 Å². The number of rotatable bonds is 3. The Kier molecular flexibility index (Phi) is 3.27. The quantitative estimate of drug-likeness (QED) is 0.543. The normalized spacial score (nSPS) is 11.1. The molecule has 0 N–H and O–H groups in total. The van der Waals surface area contributed by atoms with Gasteiger partial charge in [0, 0.05) is 6.20 Å². The van der Waals surface area contributed by atoms with E-state index in [0.29, 0.717) is 12.1 Å². The van der Waals surface area contributed by atoms with Crippen LogP contribution in [0.1, 0.15) is 17.4 Å². The van der Waals surface area contributed by atoms with Crippen LogP contribution in [0, 0.1) is 0 Å². The highest BCUT2D eigenvalue weighted by molar-refractivity contribution is 7.98. The van der Waals surface area contributed by atoms with Crippen LogP contribution in [0.2, 0.25) is 0 Å². The summed E-state index contributed by atoms with van der Waals surface area (Å²) in [5.74, 6) is -0.435. The van der Waals surface area contributed by atoms with Gasteiger partial charge in [-0.15, -0.1) is 11.8 Å². The fourth-order valence-electron chi connectivity index (χ4n) is 2.05. The molecule has 0 saturated heterocycles. The second-order valence-corrected chi connectivity index (χ2v) is 4.81. The highest BCUT2D eigenvalue weighted by atomic mass is 32.2. The van der Waals surface area contributed by atoms with Crippen molar-refractivity contribution in [3.05, 3.63) is 30.5 Å². The van der Waals surface area contributed by atoms with Crippen molar-refractivity contribution in [1.29, 1.82) is 0 Å². The van der Waals surface area contributed by atoms with E-state index >= 15 is 0 Å². The van der Waals surface area contributed by atoms with Crippen LogP contribution in [0.15, 0.2) is 29.8 Å². The molecule has 0 saturated carbocycles. The summed E-state index contributed by atoms with van der Waals surface area (Å²) in [5, 5.41) is 0.740. The Morgan fingerprint density at radius 2 is 2.35 bits per heavy atom. The Bertz CT molecular complexity index is 800. The number of imidazole rings is 1. The van der Waals surface area contributed by atoms with Crippen molar-refractivity contribution in [2.45, 2.75) is 11.9 Å². The number of ether oxygens (including phenoxy) is 1. The molecule has 0 radical (unpaired) electrons. The second-order valence-electron chi connectivity index (χ2n) is 4.02. The van der Waals surface area contributed by atoms with Crippen molar-refractivity contribution in [3.8, 4) is 0 Å². The molecule has 3 heterocycles. The molecule has 0 spiro atoms. The maximum atomic E-state index is 12.0. The van der Waals surface area contributed by atoms with Gasteiger partial charge in [0.1, 0.15) is 16.9 Å². The van der Waals surface area contributed by atoms with E-state index in [0.717, 1.165) is 16.1 Å². The molecule has 3 aromatic heterocycles. The van der Waals surface area contributed by atoms with Crippen molar-refractivity contribution in [3.63, 3.8) is 0 Å². The van der Waals surface area contributed by atoms with Crippen LogP contribution in [0.25, 0.3) is 16.6 Å². The number of pyridine rings is 1. The molecule has 3 rings (SSSR count). The van der Waals surface area contributed by atoms with E-state index in [4.69, 9.17) is 4.74 Å². The topological polar surface area (TPSA) is 69.4 Å². The number of hydrogen-bond acceptors (Lipinski definition) is 6. The molecule has 0 fully saturated rings. The first-order chi connectivity index (χ1) is 9.76. The van der Waals surface area contributed by atoms with E-state index in [-0.39, 0.29) is 5.69 Å². The summed E-state index contributed by atoms with van der Waals surface area (Å²) in [4.78, 5) is 24.8. The molecule has 6 nitrogen and oxygen atoms in total. The average Bonchev–Trinajstić information content (AvgIpc) is 2.92. The van der Waals surface area contributed by atoms with Crippen LogP contribution in [0.5, 0.6) is 0 Å². The minimum Gasteiger partial charge on any atom is -0.461 e. The molecule has 0 unspecified atom stereocenters. The minimum atomic E-state index is -0.435. The van der Waals surface area contributed by atoms with Crippen molar-refractivity contribution in [2.75, 3.05) is 12.9 Å². The second kappa shape index (κ2) is 5.09. The van der Waals surface area contributed by atoms with Crippen LogP contribution in [-0.4, -0.2) is 38.2 Å². The first-order valence-electron chi connectivity index (χ1n) is 6.08. The van der Waals surface area contributed by atoms with Crippen molar-refractivity contribution in [1.82, 2.24) is 19.4 Å². The summed E-state index contributed by atoms with van der Waals surface area (Å²) in [6.07, 6.45) is 6.91. The molecule has 0 bridgehead atoms. The molecule has 0 aromatic carbocycles. The van der Waals surface area contributed by atoms with Crippen LogP contribution in [0.3, 0.4) is 0 Å². The van der Waals surface area contributed by atoms with Gasteiger partial charge < -0.3 is 4.74 Å². The van der Waals surface area contributed by atoms with Gasteiger partial charge in [-0.1, -0.05) is 0 Å². The first kappa shape index (κ1) is 12.9. The van der Waals surface area contributed by atoms with E-state index in [1.54, 1.807) is 25.6 Å². The predicted molar refractivity (Wildman–Crippen MR) is 76.0 cm³/mol. The van der Waals surface area contributed by atoms with E-state index in [9.17, 15) is 4.79 Å². The lowest BCUT2D eigenvalue weighted by atomic mass is 10.3. The molecule has 0 aliphatic rings. The molecule has 20 heavy (non-hydrogen) atoms. The summed E-state index contributed by atoms with van der Waals surface area (Å²) in [6, 6.07) is 1.83. The number of carbonyl (C=O) groups excluding carboxylic acids is 1. The number of hydrogen-bond donors (Lipinski definition) is 0. The number of esters is 1. The SMILES string of the molecule is CCOC(=O)c1ncn2c1c(SC)nc1ccncc12. The van der Waals surface area contributed by atoms with Gasteiger partial charge >= 0.3 is 5.97 Å². The molecule has 0 atom stereocenters. The third kappa shape index (κ3) is 1.90. The summed E-state index contributed by atoms with van der Waals surface area (Å²) in [5.41, 5.74) is 2.57. The Morgan fingerprint density at radius 3 is 3.10 bits per heavy atom. The summed E-state index contributed by atoms with van der Waals surface area (Å²) in [6.45, 7) is 2.08. The largest absolute Gasteiger partial charge is 0.461 e. The van der Waals surface area contributed by atoms with Gasteiger partial charge in [0.15, 0.2) is 5.69 Å². The number of nitrogens with zero attached hydrogens (tertiary/aromatic N) is 4. The van der Waals surface area contributed by atoms with Gasteiger partial charge in [-0.2, -0.15) is 0 Å². The Balaban J connectivity index is 2.35. The number of carbonyl (C=O) groups is 1. The smallest absolute Gasteiger partial charge is 0.359 e. The zero-order valence-corrected chi connectivity index (χ0v) is 11.8. The molecule has 3 aromatic rings. The van der Waals surface area contributed by atoms with E-state index < -0.39 is 5.97 Å². The summed E-state index contributed by atoms with van der Waals surface area (Å²) >= 11 is 1.47. The Hall–Kier alpha value is -2.15. The molecule has 7 heteroatoms. The maximum absolute atomic E-state index is 12.0. The van der Waals surface area contributed by atoms with E-state index in [1.807, 2.05) is 16.7 Å². The van der Waals surface area contributed by atoms with E-state index in [1.165, 1.54) is 11.8 Å². The third-order valence-corrected chi connectivity index (χ3v) is 3.56. The van der Waals surface area contributed by atoms with Crippen LogP contribution < -0.4 is 0 Å². The molecule has 0 aliphatic heterocycles. The lowest BCUT2D eigenvalue weighted by Gasteiger charge is -2.06. The van der Waals surface area contributed by atoms with Crippen LogP contribution in [-0.2, 0) is 4.74 Å². The van der Waals surface area contributed by atoms with Gasteiger partial charge in [-0.05, 0) is 19.2 Å². The predicted octanol–water partition coefficient (Wildman–Crippen LogP) is 2.18. The zero-order chi connectivity index (χ0) is 14.1. The third-order valence-electron chi connectivity index (χ3n) is 2.89. The molecular weight excluding hydrogens is 276 g/mol.